The summed E-state index contributed by atoms with van der Waals surface area (Å²) in [5, 5.41) is 8.30. The van der Waals surface area contributed by atoms with Crippen LogP contribution < -0.4 is 10.9 Å². The molecule has 1 heterocycles. The number of rotatable bonds is 4. The molecule has 0 aliphatic carbocycles. The van der Waals surface area contributed by atoms with Crippen LogP contribution in [0.3, 0.4) is 0 Å². The number of hydrogen-bond donors (Lipinski definition) is 1. The number of nitrogens with zero attached hydrogens (tertiary/aromatic N) is 2. The number of halogens is 1. The molecule has 134 valence electrons. The van der Waals surface area contributed by atoms with Crippen molar-refractivity contribution in [2.75, 3.05) is 5.32 Å². The highest BCUT2D eigenvalue weighted by atomic mass is 79.9. The van der Waals surface area contributed by atoms with Crippen molar-refractivity contribution in [2.45, 2.75) is 27.3 Å². The number of aromatic nitrogens is 2. The summed E-state index contributed by atoms with van der Waals surface area (Å²) >= 11 is 3.45. The Morgan fingerprint density at radius 1 is 1.19 bits per heavy atom. The number of benzene rings is 2. The van der Waals surface area contributed by atoms with Crippen molar-refractivity contribution in [3.8, 4) is 0 Å². The molecule has 0 atom stereocenters. The van der Waals surface area contributed by atoms with Gasteiger partial charge in [0.15, 0.2) is 5.69 Å². The lowest BCUT2D eigenvalue weighted by Gasteiger charge is -2.13. The number of nitrogens with one attached hydrogen (secondary N) is 1. The van der Waals surface area contributed by atoms with Crippen LogP contribution in [0.5, 0.6) is 0 Å². The second-order valence-corrected chi connectivity index (χ2v) is 7.55. The molecule has 1 N–H and O–H groups in total. The average molecular weight is 414 g/mol. The van der Waals surface area contributed by atoms with Gasteiger partial charge in [-0.05, 0) is 42.7 Å². The van der Waals surface area contributed by atoms with Crippen LogP contribution in [0.2, 0.25) is 0 Å². The highest BCUT2D eigenvalue weighted by molar-refractivity contribution is 9.10. The lowest BCUT2D eigenvalue weighted by molar-refractivity contribution is 0.102. The standard InChI is InChI=1S/C20H20BrN3O2/c1-12(2)11-24-20(26)16-7-5-4-6-15(16)18(23-24)19(25)22-14-8-9-17(21)13(3)10-14/h4-10,12H,11H2,1-3H3,(H,22,25). The summed E-state index contributed by atoms with van der Waals surface area (Å²) in [5.41, 5.74) is 1.78. The van der Waals surface area contributed by atoms with E-state index in [1.807, 2.05) is 39.0 Å². The maximum atomic E-state index is 12.9. The molecule has 0 unspecified atom stereocenters. The minimum atomic E-state index is -0.333. The van der Waals surface area contributed by atoms with Crippen LogP contribution >= 0.6 is 15.9 Å². The number of hydrogen-bond acceptors (Lipinski definition) is 3. The third kappa shape index (κ3) is 3.70. The molecule has 1 amide bonds. The fourth-order valence-electron chi connectivity index (χ4n) is 2.79. The molecule has 3 rings (SSSR count). The van der Waals surface area contributed by atoms with Crippen LogP contribution in [0.25, 0.3) is 10.8 Å². The third-order valence-electron chi connectivity index (χ3n) is 4.04. The number of anilines is 1. The Hall–Kier alpha value is -2.47. The number of amides is 1. The Kier molecular flexibility index (Phi) is 5.23. The van der Waals surface area contributed by atoms with Crippen molar-refractivity contribution < 1.29 is 4.79 Å². The molecule has 0 aliphatic heterocycles. The van der Waals surface area contributed by atoms with E-state index in [0.717, 1.165) is 10.0 Å². The molecular formula is C20H20BrN3O2. The van der Waals surface area contributed by atoms with Crippen LogP contribution in [-0.4, -0.2) is 15.7 Å². The summed E-state index contributed by atoms with van der Waals surface area (Å²) in [6.07, 6.45) is 0. The molecule has 5 nitrogen and oxygen atoms in total. The van der Waals surface area contributed by atoms with Gasteiger partial charge in [0.05, 0.1) is 5.39 Å². The summed E-state index contributed by atoms with van der Waals surface area (Å²) in [7, 11) is 0. The largest absolute Gasteiger partial charge is 0.321 e. The van der Waals surface area contributed by atoms with E-state index >= 15 is 0 Å². The first kappa shape index (κ1) is 18.3. The van der Waals surface area contributed by atoms with E-state index in [4.69, 9.17) is 0 Å². The zero-order chi connectivity index (χ0) is 18.8. The predicted octanol–water partition coefficient (Wildman–Crippen LogP) is 4.38. The molecular weight excluding hydrogens is 394 g/mol. The Morgan fingerprint density at radius 3 is 2.54 bits per heavy atom. The Bertz CT molecular complexity index is 1040. The molecule has 6 heteroatoms. The summed E-state index contributed by atoms with van der Waals surface area (Å²) in [5.74, 6) is -0.0909. The van der Waals surface area contributed by atoms with E-state index in [2.05, 4.69) is 26.3 Å². The van der Waals surface area contributed by atoms with Gasteiger partial charge in [0.1, 0.15) is 0 Å². The van der Waals surface area contributed by atoms with E-state index in [9.17, 15) is 9.59 Å². The van der Waals surface area contributed by atoms with Crippen LogP contribution in [0, 0.1) is 12.8 Å². The smallest absolute Gasteiger partial charge is 0.276 e. The van der Waals surface area contributed by atoms with Gasteiger partial charge in [0.2, 0.25) is 0 Å². The quantitative estimate of drug-likeness (QED) is 0.690. The monoisotopic (exact) mass is 413 g/mol. The van der Waals surface area contributed by atoms with Gasteiger partial charge >= 0.3 is 0 Å². The van der Waals surface area contributed by atoms with Crippen molar-refractivity contribution in [2.24, 2.45) is 5.92 Å². The number of carbonyl (C=O) groups is 1. The number of carbonyl (C=O) groups excluding carboxylic acids is 1. The minimum absolute atomic E-state index is 0.176. The second kappa shape index (κ2) is 7.41. The maximum absolute atomic E-state index is 12.9. The molecule has 2 aromatic carbocycles. The molecule has 0 bridgehead atoms. The van der Waals surface area contributed by atoms with Crippen molar-refractivity contribution in [1.29, 1.82) is 0 Å². The molecule has 0 spiro atoms. The van der Waals surface area contributed by atoms with Crippen molar-refractivity contribution in [3.05, 3.63) is 68.5 Å². The Labute approximate surface area is 160 Å². The van der Waals surface area contributed by atoms with Gasteiger partial charge in [-0.3, -0.25) is 9.59 Å². The lowest BCUT2D eigenvalue weighted by atomic mass is 10.1. The molecule has 0 radical (unpaired) electrons. The first-order valence-corrected chi connectivity index (χ1v) is 9.23. The van der Waals surface area contributed by atoms with E-state index in [0.29, 0.717) is 23.0 Å². The van der Waals surface area contributed by atoms with Crippen LogP contribution in [-0.2, 0) is 6.54 Å². The number of fused-ring (bicyclic) bond motifs is 1. The van der Waals surface area contributed by atoms with Gasteiger partial charge in [-0.25, -0.2) is 4.68 Å². The zero-order valence-electron chi connectivity index (χ0n) is 14.9. The molecule has 0 saturated carbocycles. The molecule has 0 saturated heterocycles. The topological polar surface area (TPSA) is 64.0 Å². The first-order valence-electron chi connectivity index (χ1n) is 8.44. The van der Waals surface area contributed by atoms with Crippen molar-refractivity contribution in [3.63, 3.8) is 0 Å². The molecule has 3 aromatic rings. The fraction of sp³-hybridized carbons (Fsp3) is 0.250. The highest BCUT2D eigenvalue weighted by Gasteiger charge is 2.17. The zero-order valence-corrected chi connectivity index (χ0v) is 16.5. The second-order valence-electron chi connectivity index (χ2n) is 6.69. The van der Waals surface area contributed by atoms with Gasteiger partial charge in [0.25, 0.3) is 11.5 Å². The van der Waals surface area contributed by atoms with E-state index in [1.165, 1.54) is 4.68 Å². The maximum Gasteiger partial charge on any atom is 0.276 e. The molecule has 0 fully saturated rings. The first-order chi connectivity index (χ1) is 12.4. The predicted molar refractivity (Wildman–Crippen MR) is 108 cm³/mol. The SMILES string of the molecule is Cc1cc(NC(=O)c2nn(CC(C)C)c(=O)c3ccccc23)ccc1Br. The van der Waals surface area contributed by atoms with Crippen LogP contribution in [0.4, 0.5) is 5.69 Å². The van der Waals surface area contributed by atoms with E-state index in [1.54, 1.807) is 24.3 Å². The third-order valence-corrected chi connectivity index (χ3v) is 4.93. The Balaban J connectivity index is 2.07. The summed E-state index contributed by atoms with van der Waals surface area (Å²) in [4.78, 5) is 25.5. The van der Waals surface area contributed by atoms with Crippen molar-refractivity contribution >= 4 is 38.3 Å². The fourth-order valence-corrected chi connectivity index (χ4v) is 3.03. The Morgan fingerprint density at radius 2 is 1.88 bits per heavy atom. The van der Waals surface area contributed by atoms with Crippen LogP contribution in [0.15, 0.2) is 51.7 Å². The van der Waals surface area contributed by atoms with Gasteiger partial charge in [0, 0.05) is 22.1 Å². The normalized spacial score (nSPS) is 11.1. The average Bonchev–Trinajstić information content (AvgIpc) is 2.60. The summed E-state index contributed by atoms with van der Waals surface area (Å²) < 4.78 is 2.36. The minimum Gasteiger partial charge on any atom is -0.321 e. The summed E-state index contributed by atoms with van der Waals surface area (Å²) in [6.45, 7) is 6.43. The van der Waals surface area contributed by atoms with Gasteiger partial charge in [-0.1, -0.05) is 48.0 Å². The van der Waals surface area contributed by atoms with Gasteiger partial charge < -0.3 is 5.32 Å². The van der Waals surface area contributed by atoms with Gasteiger partial charge in [-0.2, -0.15) is 5.10 Å². The lowest BCUT2D eigenvalue weighted by Crippen LogP contribution is -2.29. The molecule has 0 aliphatic rings. The van der Waals surface area contributed by atoms with Crippen LogP contribution in [0.1, 0.15) is 29.9 Å². The van der Waals surface area contributed by atoms with Crippen molar-refractivity contribution in [1.82, 2.24) is 9.78 Å². The van der Waals surface area contributed by atoms with E-state index < -0.39 is 0 Å². The molecule has 1 aromatic heterocycles. The number of aryl methyl sites for hydroxylation is 1. The van der Waals surface area contributed by atoms with Gasteiger partial charge in [-0.15, -0.1) is 0 Å². The van der Waals surface area contributed by atoms with E-state index in [-0.39, 0.29) is 23.1 Å². The summed E-state index contributed by atoms with van der Waals surface area (Å²) in [6, 6.07) is 12.7. The highest BCUT2D eigenvalue weighted by Crippen LogP contribution is 2.21. The molecule has 26 heavy (non-hydrogen) atoms.